The maximum atomic E-state index is 11.6. The highest BCUT2D eigenvalue weighted by atomic mass is 35.5. The molecule has 0 spiro atoms. The van der Waals surface area contributed by atoms with E-state index < -0.39 is 0 Å². The molecule has 0 aliphatic carbocycles. The van der Waals surface area contributed by atoms with Crippen LogP contribution in [-0.4, -0.2) is 5.91 Å². The van der Waals surface area contributed by atoms with E-state index in [9.17, 15) is 4.79 Å². The van der Waals surface area contributed by atoms with E-state index in [-0.39, 0.29) is 18.2 Å². The fraction of sp³-hybridized carbons (Fsp3) is 0.333. The van der Waals surface area contributed by atoms with E-state index in [2.05, 4.69) is 5.32 Å². The van der Waals surface area contributed by atoms with Crippen molar-refractivity contribution in [3.05, 3.63) is 28.3 Å². The Balaban J connectivity index is 2.36. The molecule has 3 nitrogen and oxygen atoms in total. The van der Waals surface area contributed by atoms with Crippen molar-refractivity contribution in [3.8, 4) is 6.07 Å². The zero-order valence-corrected chi connectivity index (χ0v) is 9.64. The number of amides is 1. The van der Waals surface area contributed by atoms with Crippen LogP contribution in [0.2, 0.25) is 5.02 Å². The molecular weight excluding hydrogens is 224 g/mol. The summed E-state index contributed by atoms with van der Waals surface area (Å²) in [5.41, 5.74) is 2.77. The highest BCUT2D eigenvalue weighted by molar-refractivity contribution is 6.31. The van der Waals surface area contributed by atoms with Crippen LogP contribution in [0.15, 0.2) is 12.1 Å². The van der Waals surface area contributed by atoms with Gasteiger partial charge in [0.2, 0.25) is 5.91 Å². The van der Waals surface area contributed by atoms with Gasteiger partial charge in [0.05, 0.1) is 12.0 Å². The molecule has 1 aliphatic heterocycles. The lowest BCUT2D eigenvalue weighted by atomic mass is 9.90. The van der Waals surface area contributed by atoms with Crippen LogP contribution in [0.1, 0.15) is 17.5 Å². The standard InChI is InChI=1S/C12H11ClN2O/c1-7-4-11-9(6-10(7)13)5-8(2-3-14)12(16)15-11/h4,6,8H,2,5H2,1H3,(H,15,16). The van der Waals surface area contributed by atoms with Gasteiger partial charge in [0.1, 0.15) is 0 Å². The van der Waals surface area contributed by atoms with Crippen molar-refractivity contribution in [3.63, 3.8) is 0 Å². The minimum atomic E-state index is -0.253. The Labute approximate surface area is 99.0 Å². The molecule has 1 amide bonds. The number of carbonyl (C=O) groups is 1. The SMILES string of the molecule is Cc1cc2c(cc1Cl)CC(CC#N)C(=O)N2. The topological polar surface area (TPSA) is 52.9 Å². The second-order valence-corrected chi connectivity index (χ2v) is 4.42. The Hall–Kier alpha value is -1.53. The molecule has 0 saturated heterocycles. The number of nitrogens with one attached hydrogen (secondary N) is 1. The van der Waals surface area contributed by atoms with Crippen molar-refractivity contribution in [2.24, 2.45) is 5.92 Å². The van der Waals surface area contributed by atoms with E-state index in [4.69, 9.17) is 16.9 Å². The molecule has 1 aromatic rings. The van der Waals surface area contributed by atoms with Gasteiger partial charge in [-0.3, -0.25) is 4.79 Å². The average molecular weight is 235 g/mol. The minimum Gasteiger partial charge on any atom is -0.326 e. The van der Waals surface area contributed by atoms with Crippen molar-refractivity contribution in [2.45, 2.75) is 19.8 Å². The van der Waals surface area contributed by atoms with E-state index >= 15 is 0 Å². The van der Waals surface area contributed by atoms with Crippen LogP contribution in [0.5, 0.6) is 0 Å². The first-order valence-electron chi connectivity index (χ1n) is 5.08. The van der Waals surface area contributed by atoms with Crippen LogP contribution in [0, 0.1) is 24.2 Å². The van der Waals surface area contributed by atoms with Crippen molar-refractivity contribution in [1.82, 2.24) is 0 Å². The number of nitriles is 1. The maximum absolute atomic E-state index is 11.6. The summed E-state index contributed by atoms with van der Waals surface area (Å²) in [6.07, 6.45) is 0.839. The first-order valence-corrected chi connectivity index (χ1v) is 5.46. The summed E-state index contributed by atoms with van der Waals surface area (Å²) in [5.74, 6) is -0.327. The highest BCUT2D eigenvalue weighted by Crippen LogP contribution is 2.31. The van der Waals surface area contributed by atoms with Crippen LogP contribution in [-0.2, 0) is 11.2 Å². The molecule has 0 radical (unpaired) electrons. The number of aryl methyl sites for hydroxylation is 1. The lowest BCUT2D eigenvalue weighted by Crippen LogP contribution is -2.29. The molecule has 1 N–H and O–H groups in total. The van der Waals surface area contributed by atoms with Crippen molar-refractivity contribution in [1.29, 1.82) is 5.26 Å². The molecule has 0 saturated carbocycles. The molecule has 4 heteroatoms. The second-order valence-electron chi connectivity index (χ2n) is 4.01. The number of hydrogen-bond donors (Lipinski definition) is 1. The normalized spacial score (nSPS) is 18.6. The van der Waals surface area contributed by atoms with Crippen molar-refractivity contribution >= 4 is 23.2 Å². The second kappa shape index (κ2) is 4.15. The number of anilines is 1. The first kappa shape index (κ1) is 11.0. The van der Waals surface area contributed by atoms with Gasteiger partial charge in [0.15, 0.2) is 0 Å². The summed E-state index contributed by atoms with van der Waals surface area (Å²) in [6.45, 7) is 1.90. The monoisotopic (exact) mass is 234 g/mol. The molecule has 82 valence electrons. The summed E-state index contributed by atoms with van der Waals surface area (Å²) in [4.78, 5) is 11.6. The van der Waals surface area contributed by atoms with Gasteiger partial charge in [0.25, 0.3) is 0 Å². The van der Waals surface area contributed by atoms with E-state index in [1.807, 2.05) is 25.1 Å². The Bertz CT molecular complexity index is 491. The molecule has 0 fully saturated rings. The summed E-state index contributed by atoms with van der Waals surface area (Å²) >= 11 is 6.03. The Morgan fingerprint density at radius 1 is 1.62 bits per heavy atom. The molecule has 0 aromatic heterocycles. The van der Waals surface area contributed by atoms with Crippen molar-refractivity contribution < 1.29 is 4.79 Å². The predicted octanol–water partition coefficient (Wildman–Crippen LogP) is 2.67. The van der Waals surface area contributed by atoms with E-state index in [1.165, 1.54) is 0 Å². The highest BCUT2D eigenvalue weighted by Gasteiger charge is 2.26. The summed E-state index contributed by atoms with van der Waals surface area (Å²) < 4.78 is 0. The molecular formula is C12H11ClN2O. The van der Waals surface area contributed by atoms with Crippen LogP contribution in [0.25, 0.3) is 0 Å². The third-order valence-electron chi connectivity index (χ3n) is 2.82. The molecule has 2 rings (SSSR count). The first-order chi connectivity index (χ1) is 7.61. The lowest BCUT2D eigenvalue weighted by Gasteiger charge is -2.23. The van der Waals surface area contributed by atoms with E-state index in [0.717, 1.165) is 16.8 Å². The van der Waals surface area contributed by atoms with Crippen LogP contribution >= 0.6 is 11.6 Å². The third kappa shape index (κ3) is 1.89. The zero-order chi connectivity index (χ0) is 11.7. The number of rotatable bonds is 1. The fourth-order valence-electron chi connectivity index (χ4n) is 1.88. The van der Waals surface area contributed by atoms with E-state index in [0.29, 0.717) is 11.4 Å². The van der Waals surface area contributed by atoms with Gasteiger partial charge in [0, 0.05) is 17.1 Å². The zero-order valence-electron chi connectivity index (χ0n) is 8.88. The van der Waals surface area contributed by atoms with Crippen LogP contribution in [0.3, 0.4) is 0 Å². The number of benzene rings is 1. The Morgan fingerprint density at radius 2 is 2.38 bits per heavy atom. The summed E-state index contributed by atoms with van der Waals surface area (Å²) in [6, 6.07) is 5.78. The Morgan fingerprint density at radius 3 is 3.06 bits per heavy atom. The molecule has 0 bridgehead atoms. The van der Waals surface area contributed by atoms with Crippen molar-refractivity contribution in [2.75, 3.05) is 5.32 Å². The number of nitrogens with zero attached hydrogens (tertiary/aromatic N) is 1. The van der Waals surface area contributed by atoms with Gasteiger partial charge in [-0.05, 0) is 36.6 Å². The molecule has 1 aromatic carbocycles. The molecule has 1 unspecified atom stereocenters. The lowest BCUT2D eigenvalue weighted by molar-refractivity contribution is -0.120. The summed E-state index contributed by atoms with van der Waals surface area (Å²) in [5, 5.41) is 12.1. The van der Waals surface area contributed by atoms with Gasteiger partial charge >= 0.3 is 0 Å². The molecule has 1 atom stereocenters. The predicted molar refractivity (Wildman–Crippen MR) is 62.2 cm³/mol. The fourth-order valence-corrected chi connectivity index (χ4v) is 2.06. The van der Waals surface area contributed by atoms with Crippen LogP contribution in [0.4, 0.5) is 5.69 Å². The molecule has 1 heterocycles. The van der Waals surface area contributed by atoms with Gasteiger partial charge in [-0.2, -0.15) is 5.26 Å². The number of halogens is 1. The van der Waals surface area contributed by atoms with Gasteiger partial charge in [-0.1, -0.05) is 11.6 Å². The number of carbonyl (C=O) groups excluding carboxylic acids is 1. The van der Waals surface area contributed by atoms with Crippen LogP contribution < -0.4 is 5.32 Å². The molecule has 16 heavy (non-hydrogen) atoms. The quantitative estimate of drug-likeness (QED) is 0.812. The molecule has 1 aliphatic rings. The summed E-state index contributed by atoms with van der Waals surface area (Å²) in [7, 11) is 0. The smallest absolute Gasteiger partial charge is 0.228 e. The maximum Gasteiger partial charge on any atom is 0.228 e. The average Bonchev–Trinajstić information content (AvgIpc) is 2.23. The largest absolute Gasteiger partial charge is 0.326 e. The number of hydrogen-bond acceptors (Lipinski definition) is 2. The number of fused-ring (bicyclic) bond motifs is 1. The Kier molecular flexibility index (Phi) is 2.84. The minimum absolute atomic E-state index is 0.0734. The van der Waals surface area contributed by atoms with Gasteiger partial charge in [-0.15, -0.1) is 0 Å². The van der Waals surface area contributed by atoms with Gasteiger partial charge in [-0.25, -0.2) is 0 Å². The third-order valence-corrected chi connectivity index (χ3v) is 3.22. The van der Waals surface area contributed by atoms with Gasteiger partial charge < -0.3 is 5.32 Å². The van der Waals surface area contributed by atoms with E-state index in [1.54, 1.807) is 0 Å².